The Morgan fingerprint density at radius 1 is 1.41 bits per heavy atom. The maximum atomic E-state index is 13.0. The van der Waals surface area contributed by atoms with Gasteiger partial charge in [-0.05, 0) is 18.2 Å². The Morgan fingerprint density at radius 3 is 2.71 bits per heavy atom. The lowest BCUT2D eigenvalue weighted by Crippen LogP contribution is -2.35. The minimum absolute atomic E-state index is 0.0522. The lowest BCUT2D eigenvalue weighted by molar-refractivity contribution is -0.119. The van der Waals surface area contributed by atoms with Gasteiger partial charge in [-0.25, -0.2) is 4.39 Å². The lowest BCUT2D eigenvalue weighted by Gasteiger charge is -2.08. The van der Waals surface area contributed by atoms with Crippen LogP contribution >= 0.6 is 0 Å². The molecule has 0 aliphatic carbocycles. The molecule has 0 aliphatic rings. The molecule has 6 heteroatoms. The monoisotopic (exact) mass is 240 g/mol. The van der Waals surface area contributed by atoms with Gasteiger partial charge < -0.3 is 15.4 Å². The van der Waals surface area contributed by atoms with Crippen molar-refractivity contribution in [2.75, 3.05) is 20.7 Å². The number of halogens is 1. The highest BCUT2D eigenvalue weighted by atomic mass is 19.1. The summed E-state index contributed by atoms with van der Waals surface area (Å²) in [5.41, 5.74) is 0.0522. The fourth-order valence-corrected chi connectivity index (χ4v) is 1.20. The maximum absolute atomic E-state index is 13.0. The molecule has 5 nitrogen and oxygen atoms in total. The zero-order valence-corrected chi connectivity index (χ0v) is 9.54. The number of rotatable bonds is 4. The number of hydrogen-bond acceptors (Lipinski definition) is 3. The van der Waals surface area contributed by atoms with E-state index < -0.39 is 11.7 Å². The van der Waals surface area contributed by atoms with E-state index in [0.717, 1.165) is 6.07 Å². The van der Waals surface area contributed by atoms with E-state index in [1.54, 1.807) is 0 Å². The molecular formula is C11H13FN2O3. The number of benzene rings is 1. The first-order valence-corrected chi connectivity index (χ1v) is 4.90. The van der Waals surface area contributed by atoms with Crippen molar-refractivity contribution in [1.82, 2.24) is 10.6 Å². The number of ether oxygens (including phenoxy) is 1. The van der Waals surface area contributed by atoms with Gasteiger partial charge in [0, 0.05) is 7.05 Å². The SMILES string of the molecule is CNC(=O)CNC(=O)c1cc(F)ccc1OC. The van der Waals surface area contributed by atoms with E-state index in [2.05, 4.69) is 10.6 Å². The normalized spacial score (nSPS) is 9.59. The molecule has 17 heavy (non-hydrogen) atoms. The number of hydrogen-bond donors (Lipinski definition) is 2. The molecule has 0 saturated heterocycles. The molecule has 0 radical (unpaired) electrons. The first-order valence-electron chi connectivity index (χ1n) is 4.90. The topological polar surface area (TPSA) is 67.4 Å². The minimum atomic E-state index is -0.565. The van der Waals surface area contributed by atoms with Crippen LogP contribution in [0.2, 0.25) is 0 Å². The average molecular weight is 240 g/mol. The molecule has 2 amide bonds. The number of amides is 2. The Labute approximate surface area is 98.0 Å². The van der Waals surface area contributed by atoms with Gasteiger partial charge in [0.15, 0.2) is 0 Å². The molecule has 92 valence electrons. The van der Waals surface area contributed by atoms with Crippen molar-refractivity contribution in [2.45, 2.75) is 0 Å². The Hall–Kier alpha value is -2.11. The molecule has 0 bridgehead atoms. The highest BCUT2D eigenvalue weighted by Gasteiger charge is 2.13. The van der Waals surface area contributed by atoms with Crippen molar-refractivity contribution in [1.29, 1.82) is 0 Å². The van der Waals surface area contributed by atoms with E-state index in [0.29, 0.717) is 0 Å². The molecule has 0 aromatic heterocycles. The second-order valence-corrected chi connectivity index (χ2v) is 3.20. The standard InChI is InChI=1S/C11H13FN2O3/c1-13-10(15)6-14-11(16)8-5-7(12)3-4-9(8)17-2/h3-5H,6H2,1-2H3,(H,13,15)(H,14,16). The summed E-state index contributed by atoms with van der Waals surface area (Å²) in [6.45, 7) is -0.172. The zero-order valence-electron chi connectivity index (χ0n) is 9.54. The summed E-state index contributed by atoms with van der Waals surface area (Å²) in [6.07, 6.45) is 0. The van der Waals surface area contributed by atoms with Crippen molar-refractivity contribution in [3.05, 3.63) is 29.6 Å². The van der Waals surface area contributed by atoms with Gasteiger partial charge in [0.2, 0.25) is 5.91 Å². The molecule has 1 aromatic rings. The third-order valence-electron chi connectivity index (χ3n) is 2.09. The van der Waals surface area contributed by atoms with E-state index in [4.69, 9.17) is 4.74 Å². The van der Waals surface area contributed by atoms with Crippen LogP contribution in [0.4, 0.5) is 4.39 Å². The van der Waals surface area contributed by atoms with E-state index in [9.17, 15) is 14.0 Å². The van der Waals surface area contributed by atoms with Crippen LogP contribution in [0.15, 0.2) is 18.2 Å². The van der Waals surface area contributed by atoms with Crippen molar-refractivity contribution >= 4 is 11.8 Å². The molecule has 0 saturated carbocycles. The van der Waals surface area contributed by atoms with Crippen LogP contribution in [0.25, 0.3) is 0 Å². The number of nitrogens with one attached hydrogen (secondary N) is 2. The second-order valence-electron chi connectivity index (χ2n) is 3.20. The highest BCUT2D eigenvalue weighted by Crippen LogP contribution is 2.18. The van der Waals surface area contributed by atoms with E-state index in [1.165, 1.54) is 26.3 Å². The first-order chi connectivity index (χ1) is 8.08. The quantitative estimate of drug-likeness (QED) is 0.796. The van der Waals surface area contributed by atoms with Gasteiger partial charge in [0.1, 0.15) is 11.6 Å². The first kappa shape index (κ1) is 13.0. The third kappa shape index (κ3) is 3.44. The van der Waals surface area contributed by atoms with Crippen LogP contribution in [0.1, 0.15) is 10.4 Å². The fraction of sp³-hybridized carbons (Fsp3) is 0.273. The Morgan fingerprint density at radius 2 is 2.12 bits per heavy atom. The second kappa shape index (κ2) is 5.83. The van der Waals surface area contributed by atoms with E-state index in [-0.39, 0.29) is 23.8 Å². The van der Waals surface area contributed by atoms with E-state index >= 15 is 0 Å². The van der Waals surface area contributed by atoms with Crippen molar-refractivity contribution in [3.63, 3.8) is 0 Å². The average Bonchev–Trinajstić information content (AvgIpc) is 2.35. The third-order valence-corrected chi connectivity index (χ3v) is 2.09. The Bertz CT molecular complexity index is 435. The summed E-state index contributed by atoms with van der Waals surface area (Å²) in [7, 11) is 2.83. The van der Waals surface area contributed by atoms with Crippen molar-refractivity contribution in [2.24, 2.45) is 0 Å². The van der Waals surface area contributed by atoms with Gasteiger partial charge in [-0.3, -0.25) is 9.59 Å². The lowest BCUT2D eigenvalue weighted by atomic mass is 10.2. The molecule has 0 heterocycles. The Kier molecular flexibility index (Phi) is 4.45. The summed E-state index contributed by atoms with van der Waals surface area (Å²) in [5, 5.41) is 4.71. The zero-order chi connectivity index (χ0) is 12.8. The molecule has 1 aromatic carbocycles. The van der Waals surface area contributed by atoms with Crippen molar-refractivity contribution < 1.29 is 18.7 Å². The summed E-state index contributed by atoms with van der Waals surface area (Å²) in [6, 6.07) is 3.59. The minimum Gasteiger partial charge on any atom is -0.496 e. The van der Waals surface area contributed by atoms with Crippen LogP contribution in [0.3, 0.4) is 0 Å². The van der Waals surface area contributed by atoms with E-state index in [1.807, 2.05) is 0 Å². The fourth-order valence-electron chi connectivity index (χ4n) is 1.20. The van der Waals surface area contributed by atoms with Gasteiger partial charge in [0.25, 0.3) is 5.91 Å². The van der Waals surface area contributed by atoms with Gasteiger partial charge in [0.05, 0.1) is 19.2 Å². The van der Waals surface area contributed by atoms with Gasteiger partial charge >= 0.3 is 0 Å². The van der Waals surface area contributed by atoms with Crippen LogP contribution in [-0.2, 0) is 4.79 Å². The molecule has 0 spiro atoms. The molecule has 0 unspecified atom stereocenters. The summed E-state index contributed by atoms with van der Waals surface area (Å²) in [4.78, 5) is 22.6. The molecule has 0 atom stereocenters. The van der Waals surface area contributed by atoms with Crippen LogP contribution in [-0.4, -0.2) is 32.5 Å². The van der Waals surface area contributed by atoms with Crippen LogP contribution < -0.4 is 15.4 Å². The van der Waals surface area contributed by atoms with Gasteiger partial charge in [-0.1, -0.05) is 0 Å². The van der Waals surface area contributed by atoms with Gasteiger partial charge in [-0.2, -0.15) is 0 Å². The van der Waals surface area contributed by atoms with Crippen LogP contribution in [0, 0.1) is 5.82 Å². The number of carbonyl (C=O) groups excluding carboxylic acids is 2. The Balaban J connectivity index is 2.80. The number of carbonyl (C=O) groups is 2. The van der Waals surface area contributed by atoms with Crippen molar-refractivity contribution in [3.8, 4) is 5.75 Å². The molecule has 0 fully saturated rings. The summed E-state index contributed by atoms with van der Waals surface area (Å²) < 4.78 is 17.9. The van der Waals surface area contributed by atoms with Crippen LogP contribution in [0.5, 0.6) is 5.75 Å². The van der Waals surface area contributed by atoms with Gasteiger partial charge in [-0.15, -0.1) is 0 Å². The smallest absolute Gasteiger partial charge is 0.255 e. The molecule has 1 rings (SSSR count). The number of methoxy groups -OCH3 is 1. The molecule has 0 aliphatic heterocycles. The highest BCUT2D eigenvalue weighted by molar-refractivity contribution is 5.98. The maximum Gasteiger partial charge on any atom is 0.255 e. The largest absolute Gasteiger partial charge is 0.496 e. The summed E-state index contributed by atoms with van der Waals surface area (Å²) in [5.74, 6) is -1.20. The number of likely N-dealkylation sites (N-methyl/N-ethyl adjacent to an activating group) is 1. The predicted octanol–water partition coefficient (Wildman–Crippen LogP) is 0.310. The molecular weight excluding hydrogens is 227 g/mol. The summed E-state index contributed by atoms with van der Waals surface area (Å²) >= 11 is 0. The molecule has 2 N–H and O–H groups in total. The predicted molar refractivity (Wildman–Crippen MR) is 59.4 cm³/mol.